The lowest BCUT2D eigenvalue weighted by molar-refractivity contribution is -0.137. The topological polar surface area (TPSA) is 82.2 Å². The molecule has 134 valence electrons. The second-order valence-corrected chi connectivity index (χ2v) is 6.78. The molecule has 0 saturated carbocycles. The molecule has 0 radical (unpaired) electrons. The zero-order valence-corrected chi connectivity index (χ0v) is 14.2. The van der Waals surface area contributed by atoms with Crippen molar-refractivity contribution in [1.29, 1.82) is 0 Å². The molecule has 1 aliphatic carbocycles. The number of aliphatic carboxylic acids is 1. The number of aromatic amines is 1. The highest BCUT2D eigenvalue weighted by Gasteiger charge is 2.26. The smallest absolute Gasteiger partial charge is 0.303 e. The van der Waals surface area contributed by atoms with Crippen LogP contribution in [0.2, 0.25) is 0 Å². The van der Waals surface area contributed by atoms with Crippen LogP contribution in [-0.4, -0.2) is 22.0 Å². The molecule has 5 nitrogen and oxygen atoms in total. The average Bonchev–Trinajstić information content (AvgIpc) is 3.11. The fraction of sp³-hybridized carbons (Fsp3) is 0.300. The van der Waals surface area contributed by atoms with E-state index in [1.54, 1.807) is 12.1 Å². The maximum atomic E-state index is 13.6. The molecule has 1 aliphatic heterocycles. The van der Waals surface area contributed by atoms with Gasteiger partial charge in [-0.2, -0.15) is 0 Å². The predicted molar refractivity (Wildman–Crippen MR) is 96.3 cm³/mol. The molecule has 1 aromatic carbocycles. The molecule has 3 N–H and O–H groups in total. The summed E-state index contributed by atoms with van der Waals surface area (Å²) in [5.74, 6) is -1.52. The van der Waals surface area contributed by atoms with Gasteiger partial charge in [0.2, 0.25) is 0 Å². The average molecular weight is 354 g/mol. The largest absolute Gasteiger partial charge is 0.481 e. The predicted octanol–water partition coefficient (Wildman–Crippen LogP) is 3.54. The number of hydrogen-bond acceptors (Lipinski definition) is 2. The van der Waals surface area contributed by atoms with Crippen molar-refractivity contribution in [3.8, 4) is 0 Å². The third kappa shape index (κ3) is 2.92. The molecule has 2 heterocycles. The van der Waals surface area contributed by atoms with Gasteiger partial charge in [-0.1, -0.05) is 0 Å². The van der Waals surface area contributed by atoms with Crippen LogP contribution in [0.5, 0.6) is 0 Å². The molecule has 1 amide bonds. The number of halogens is 1. The second kappa shape index (κ2) is 6.44. The minimum Gasteiger partial charge on any atom is -0.481 e. The van der Waals surface area contributed by atoms with Crippen LogP contribution in [0.3, 0.4) is 0 Å². The number of carboxylic acid groups (broad SMARTS) is 1. The van der Waals surface area contributed by atoms with Gasteiger partial charge in [-0.3, -0.25) is 9.59 Å². The fourth-order valence-electron chi connectivity index (χ4n) is 3.87. The van der Waals surface area contributed by atoms with Crippen LogP contribution in [0.1, 0.15) is 47.3 Å². The summed E-state index contributed by atoms with van der Waals surface area (Å²) in [5, 5.41) is 11.8. The zero-order chi connectivity index (χ0) is 18.3. The number of hydrogen-bond donors (Lipinski definition) is 3. The van der Waals surface area contributed by atoms with E-state index < -0.39 is 11.8 Å². The molecule has 0 bridgehead atoms. The Morgan fingerprint density at radius 3 is 2.88 bits per heavy atom. The van der Waals surface area contributed by atoms with Gasteiger partial charge in [0.25, 0.3) is 5.91 Å². The Balaban J connectivity index is 1.80. The van der Waals surface area contributed by atoms with E-state index in [1.165, 1.54) is 17.7 Å². The standard InChI is InChI=1S/C20H19FN2O3/c21-11-5-7-17-14(9-11)15(20(26)23-17)10-18-13(6-8-19(24)25)12-3-1-2-4-16(12)22-18/h5,7,9-10,22H,1-4,6,8H2,(H,23,26)(H,24,25)/b15-10-. The van der Waals surface area contributed by atoms with Crippen molar-refractivity contribution in [2.45, 2.75) is 38.5 Å². The number of carbonyl (C=O) groups is 2. The fourth-order valence-corrected chi connectivity index (χ4v) is 3.87. The molecule has 0 unspecified atom stereocenters. The van der Waals surface area contributed by atoms with Gasteiger partial charge in [0, 0.05) is 29.1 Å². The van der Waals surface area contributed by atoms with Gasteiger partial charge in [-0.05, 0) is 67.5 Å². The van der Waals surface area contributed by atoms with Crippen molar-refractivity contribution in [3.63, 3.8) is 0 Å². The summed E-state index contributed by atoms with van der Waals surface area (Å²) < 4.78 is 13.6. The highest BCUT2D eigenvalue weighted by Crippen LogP contribution is 2.36. The number of rotatable bonds is 4. The van der Waals surface area contributed by atoms with E-state index in [-0.39, 0.29) is 12.3 Å². The Morgan fingerprint density at radius 2 is 2.08 bits per heavy atom. The SMILES string of the molecule is O=C(O)CCc1c(/C=C2\C(=O)Nc3ccc(F)cc32)[nH]c2c1CCCC2. The van der Waals surface area contributed by atoms with Crippen LogP contribution in [0.25, 0.3) is 11.6 Å². The van der Waals surface area contributed by atoms with Crippen LogP contribution < -0.4 is 5.32 Å². The van der Waals surface area contributed by atoms with Crippen LogP contribution in [0, 0.1) is 5.82 Å². The molecule has 0 atom stereocenters. The monoisotopic (exact) mass is 354 g/mol. The number of nitrogens with one attached hydrogen (secondary N) is 2. The van der Waals surface area contributed by atoms with Gasteiger partial charge in [-0.25, -0.2) is 4.39 Å². The number of carboxylic acids is 1. The molecule has 0 saturated heterocycles. The van der Waals surface area contributed by atoms with Gasteiger partial charge in [0.15, 0.2) is 0 Å². The highest BCUT2D eigenvalue weighted by atomic mass is 19.1. The van der Waals surface area contributed by atoms with Crippen molar-refractivity contribution >= 4 is 29.2 Å². The summed E-state index contributed by atoms with van der Waals surface area (Å²) in [5.41, 5.74) is 5.56. The molecule has 6 heteroatoms. The lowest BCUT2D eigenvalue weighted by atomic mass is 9.92. The van der Waals surface area contributed by atoms with Crippen molar-refractivity contribution in [1.82, 2.24) is 4.98 Å². The number of amides is 1. The Hall–Kier alpha value is -2.89. The van der Waals surface area contributed by atoms with E-state index in [0.717, 1.165) is 42.6 Å². The lowest BCUT2D eigenvalue weighted by Gasteiger charge is -2.12. The van der Waals surface area contributed by atoms with Crippen LogP contribution in [-0.2, 0) is 28.9 Å². The number of carbonyl (C=O) groups excluding carboxylic acids is 1. The van der Waals surface area contributed by atoms with Crippen molar-refractivity contribution in [2.75, 3.05) is 5.32 Å². The highest BCUT2D eigenvalue weighted by molar-refractivity contribution is 6.34. The van der Waals surface area contributed by atoms with Gasteiger partial charge < -0.3 is 15.4 Å². The van der Waals surface area contributed by atoms with E-state index in [0.29, 0.717) is 23.2 Å². The number of benzene rings is 1. The third-order valence-corrected chi connectivity index (χ3v) is 5.08. The van der Waals surface area contributed by atoms with E-state index in [4.69, 9.17) is 5.11 Å². The molecular formula is C20H19FN2O3. The summed E-state index contributed by atoms with van der Waals surface area (Å²) in [6.45, 7) is 0. The molecule has 4 rings (SSSR count). The van der Waals surface area contributed by atoms with Crippen molar-refractivity contribution in [3.05, 3.63) is 52.1 Å². The maximum Gasteiger partial charge on any atom is 0.303 e. The first kappa shape index (κ1) is 16.6. The molecular weight excluding hydrogens is 335 g/mol. The lowest BCUT2D eigenvalue weighted by Crippen LogP contribution is -2.05. The van der Waals surface area contributed by atoms with Crippen molar-refractivity contribution < 1.29 is 19.1 Å². The molecule has 26 heavy (non-hydrogen) atoms. The Labute approximate surface area is 149 Å². The normalized spacial score (nSPS) is 17.1. The molecule has 0 spiro atoms. The number of H-pyrrole nitrogens is 1. The number of fused-ring (bicyclic) bond motifs is 2. The van der Waals surface area contributed by atoms with Crippen LogP contribution in [0.4, 0.5) is 10.1 Å². The van der Waals surface area contributed by atoms with Gasteiger partial charge >= 0.3 is 5.97 Å². The van der Waals surface area contributed by atoms with E-state index in [2.05, 4.69) is 10.3 Å². The number of aryl methyl sites for hydroxylation is 1. The first-order valence-electron chi connectivity index (χ1n) is 8.80. The van der Waals surface area contributed by atoms with E-state index in [9.17, 15) is 14.0 Å². The van der Waals surface area contributed by atoms with Gasteiger partial charge in [0.1, 0.15) is 5.82 Å². The second-order valence-electron chi connectivity index (χ2n) is 6.78. The van der Waals surface area contributed by atoms with Crippen LogP contribution in [0.15, 0.2) is 18.2 Å². The van der Waals surface area contributed by atoms with E-state index >= 15 is 0 Å². The van der Waals surface area contributed by atoms with Gasteiger partial charge in [-0.15, -0.1) is 0 Å². The Bertz CT molecular complexity index is 943. The first-order chi connectivity index (χ1) is 12.5. The summed E-state index contributed by atoms with van der Waals surface area (Å²) in [6, 6.07) is 4.21. The van der Waals surface area contributed by atoms with E-state index in [1.807, 2.05) is 0 Å². The summed E-state index contributed by atoms with van der Waals surface area (Å²) >= 11 is 0. The first-order valence-corrected chi connectivity index (χ1v) is 8.80. The maximum absolute atomic E-state index is 13.6. The van der Waals surface area contributed by atoms with Crippen molar-refractivity contribution in [2.24, 2.45) is 0 Å². The Morgan fingerprint density at radius 1 is 1.27 bits per heavy atom. The van der Waals surface area contributed by atoms with Gasteiger partial charge in [0.05, 0.1) is 5.57 Å². The summed E-state index contributed by atoms with van der Waals surface area (Å²) in [4.78, 5) is 26.8. The summed E-state index contributed by atoms with van der Waals surface area (Å²) in [6.07, 6.45) is 6.20. The summed E-state index contributed by atoms with van der Waals surface area (Å²) in [7, 11) is 0. The zero-order valence-electron chi connectivity index (χ0n) is 14.2. The molecule has 1 aromatic heterocycles. The quantitative estimate of drug-likeness (QED) is 0.735. The number of aromatic nitrogens is 1. The molecule has 0 fully saturated rings. The minimum atomic E-state index is -0.847. The van der Waals surface area contributed by atoms with Crippen LogP contribution >= 0.6 is 0 Å². The Kier molecular flexibility index (Phi) is 4.11. The molecule has 2 aromatic rings. The third-order valence-electron chi connectivity index (χ3n) is 5.08. The minimum absolute atomic E-state index is 0.0396. The number of anilines is 1. The molecule has 2 aliphatic rings.